The average Bonchev–Trinajstić information content (AvgIpc) is 3.91. The number of nitrogens with zero attached hydrogens (tertiary/aromatic N) is 2. The third kappa shape index (κ3) is 6.60. The van der Waals surface area contributed by atoms with Crippen molar-refractivity contribution < 1.29 is 4.42 Å². The molecule has 308 valence electrons. The van der Waals surface area contributed by atoms with Gasteiger partial charge >= 0.3 is 0 Å². The van der Waals surface area contributed by atoms with Gasteiger partial charge in [-0.25, -0.2) is 0 Å². The largest absolute Gasteiger partial charge is 0.455 e. The predicted octanol–water partition coefficient (Wildman–Crippen LogP) is 17.4. The van der Waals surface area contributed by atoms with E-state index in [1.54, 1.807) is 0 Å². The van der Waals surface area contributed by atoms with Gasteiger partial charge in [0.2, 0.25) is 0 Å². The minimum atomic E-state index is 0.864. The number of furan rings is 1. The summed E-state index contributed by atoms with van der Waals surface area (Å²) in [6.45, 7) is 4.47. The molecule has 3 nitrogen and oxygen atoms in total. The maximum Gasteiger partial charge on any atom is 0.143 e. The van der Waals surface area contributed by atoms with Crippen molar-refractivity contribution in [3.05, 3.63) is 242 Å². The molecule has 2 heterocycles. The van der Waals surface area contributed by atoms with Crippen molar-refractivity contribution in [3.63, 3.8) is 0 Å². The number of anilines is 3. The number of rotatable bonds is 8. The summed E-state index contributed by atoms with van der Waals surface area (Å²) < 4.78 is 9.26. The van der Waals surface area contributed by atoms with Crippen LogP contribution in [-0.4, -0.2) is 4.57 Å². The van der Waals surface area contributed by atoms with E-state index in [2.05, 4.69) is 254 Å². The monoisotopic (exact) mass is 832 g/mol. The molecule has 10 aromatic carbocycles. The second-order valence-corrected chi connectivity index (χ2v) is 17.0. The Morgan fingerprint density at radius 2 is 0.892 bits per heavy atom. The highest BCUT2D eigenvalue weighted by Crippen LogP contribution is 2.47. The van der Waals surface area contributed by atoms with Gasteiger partial charge in [-0.3, -0.25) is 0 Å². The number of aryl methyl sites for hydroxylation is 2. The van der Waals surface area contributed by atoms with Crippen LogP contribution < -0.4 is 4.90 Å². The predicted molar refractivity (Wildman–Crippen MR) is 274 cm³/mol. The van der Waals surface area contributed by atoms with Gasteiger partial charge in [0.05, 0.1) is 11.0 Å². The fourth-order valence-corrected chi connectivity index (χ4v) is 10.1. The number of para-hydroxylation sites is 3. The molecular formula is C62H44N2O. The number of hydrogen-bond acceptors (Lipinski definition) is 2. The van der Waals surface area contributed by atoms with Crippen molar-refractivity contribution in [2.24, 2.45) is 0 Å². The number of hydrogen-bond donors (Lipinski definition) is 0. The van der Waals surface area contributed by atoms with Crippen LogP contribution in [0.25, 0.3) is 93.9 Å². The van der Waals surface area contributed by atoms with Crippen LogP contribution in [0.1, 0.15) is 11.1 Å². The molecule has 0 fully saturated rings. The fraction of sp³-hybridized carbons (Fsp3) is 0.0323. The van der Waals surface area contributed by atoms with Crippen molar-refractivity contribution in [3.8, 4) is 50.2 Å². The average molecular weight is 833 g/mol. The summed E-state index contributed by atoms with van der Waals surface area (Å²) in [6.07, 6.45) is 0. The molecule has 0 atom stereocenters. The van der Waals surface area contributed by atoms with Gasteiger partial charge in [-0.1, -0.05) is 164 Å². The molecule has 2 aromatic heterocycles. The summed E-state index contributed by atoms with van der Waals surface area (Å²) in [4.78, 5) is 2.44. The zero-order valence-electron chi connectivity index (χ0n) is 36.2. The molecule has 3 heteroatoms. The lowest BCUT2D eigenvalue weighted by Gasteiger charge is -2.29. The van der Waals surface area contributed by atoms with E-state index in [1.165, 1.54) is 66.3 Å². The lowest BCUT2D eigenvalue weighted by atomic mass is 9.90. The Kier molecular flexibility index (Phi) is 9.28. The quantitative estimate of drug-likeness (QED) is 0.152. The Labute approximate surface area is 378 Å². The van der Waals surface area contributed by atoms with Crippen LogP contribution in [0, 0.1) is 13.8 Å². The molecule has 65 heavy (non-hydrogen) atoms. The van der Waals surface area contributed by atoms with Crippen molar-refractivity contribution in [2.75, 3.05) is 4.90 Å². The van der Waals surface area contributed by atoms with Crippen LogP contribution in [0.2, 0.25) is 0 Å². The summed E-state index contributed by atoms with van der Waals surface area (Å²) >= 11 is 0. The van der Waals surface area contributed by atoms with Crippen LogP contribution in [0.15, 0.2) is 235 Å². The maximum atomic E-state index is 6.87. The highest BCUT2D eigenvalue weighted by atomic mass is 16.3. The van der Waals surface area contributed by atoms with Gasteiger partial charge in [-0.05, 0) is 131 Å². The topological polar surface area (TPSA) is 21.3 Å². The van der Waals surface area contributed by atoms with E-state index in [1.807, 2.05) is 0 Å². The molecule has 0 aliphatic carbocycles. The van der Waals surface area contributed by atoms with Gasteiger partial charge < -0.3 is 13.9 Å². The first kappa shape index (κ1) is 38.3. The van der Waals surface area contributed by atoms with Gasteiger partial charge in [-0.2, -0.15) is 0 Å². The molecule has 0 saturated carbocycles. The van der Waals surface area contributed by atoms with E-state index >= 15 is 0 Å². The lowest BCUT2D eigenvalue weighted by molar-refractivity contribution is 0.670. The summed E-state index contributed by atoms with van der Waals surface area (Å²) in [6, 6.07) is 83.3. The van der Waals surface area contributed by atoms with Crippen LogP contribution >= 0.6 is 0 Å². The molecule has 0 bridgehead atoms. The molecule has 12 rings (SSSR count). The van der Waals surface area contributed by atoms with Gasteiger partial charge in [0.25, 0.3) is 0 Å². The lowest BCUT2D eigenvalue weighted by Crippen LogP contribution is -2.11. The summed E-state index contributed by atoms with van der Waals surface area (Å²) in [7, 11) is 0. The Hall–Kier alpha value is -8.40. The Morgan fingerprint density at radius 3 is 1.57 bits per heavy atom. The first-order valence-corrected chi connectivity index (χ1v) is 22.3. The Morgan fingerprint density at radius 1 is 0.354 bits per heavy atom. The summed E-state index contributed by atoms with van der Waals surface area (Å²) in [5.74, 6) is 0. The zero-order chi connectivity index (χ0) is 43.4. The Balaban J connectivity index is 1.13. The van der Waals surface area contributed by atoms with Gasteiger partial charge in [0.1, 0.15) is 11.2 Å². The maximum absolute atomic E-state index is 6.87. The smallest absolute Gasteiger partial charge is 0.143 e. The van der Waals surface area contributed by atoms with Crippen LogP contribution in [0.4, 0.5) is 17.1 Å². The van der Waals surface area contributed by atoms with E-state index in [4.69, 9.17) is 4.42 Å². The highest BCUT2D eigenvalue weighted by molar-refractivity contribution is 6.12. The SMILES string of the molecule is Cc1cc(N(c2cc(C)c(-c3ccccc3)c(-c3ccccc3)c2)c2cc(-c3cccc(-n4c5ccccc5c5ccccc54)c3)c3oc4ccccc4c3c2)ccc1-c1ccccc1. The normalized spacial score (nSPS) is 11.5. The standard InChI is InChI=1S/C62H44N2O/c1-41-35-48(33-34-51(41)43-19-6-3-7-20-43)63(49-36-42(2)61(45-23-10-5-11-24-45)55(38-49)44-21-8-4-9-22-44)50-39-56(62-57(40-50)54-29-14-17-32-60(54)65-62)46-25-18-26-47(37-46)64-58-30-15-12-27-52(58)53-28-13-16-31-59(53)64/h3-40H,1-2H3. The third-order valence-electron chi connectivity index (χ3n) is 13.0. The summed E-state index contributed by atoms with van der Waals surface area (Å²) in [5.41, 5.74) is 20.1. The molecule has 0 radical (unpaired) electrons. The van der Waals surface area contributed by atoms with Crippen molar-refractivity contribution >= 4 is 60.8 Å². The van der Waals surface area contributed by atoms with Crippen LogP contribution in [0.5, 0.6) is 0 Å². The molecule has 0 unspecified atom stereocenters. The zero-order valence-corrected chi connectivity index (χ0v) is 36.2. The van der Waals surface area contributed by atoms with Gasteiger partial charge in [0, 0.05) is 49.9 Å². The van der Waals surface area contributed by atoms with Gasteiger partial charge in [0.15, 0.2) is 0 Å². The van der Waals surface area contributed by atoms with E-state index < -0.39 is 0 Å². The van der Waals surface area contributed by atoms with Crippen molar-refractivity contribution in [1.29, 1.82) is 0 Å². The van der Waals surface area contributed by atoms with Crippen LogP contribution in [-0.2, 0) is 0 Å². The number of fused-ring (bicyclic) bond motifs is 6. The van der Waals surface area contributed by atoms with Gasteiger partial charge in [-0.15, -0.1) is 0 Å². The molecule has 0 amide bonds. The highest BCUT2D eigenvalue weighted by Gasteiger charge is 2.23. The number of aromatic nitrogens is 1. The molecule has 0 saturated heterocycles. The van der Waals surface area contributed by atoms with Crippen LogP contribution in [0.3, 0.4) is 0 Å². The fourth-order valence-electron chi connectivity index (χ4n) is 10.1. The molecule has 0 aliphatic rings. The molecule has 0 aliphatic heterocycles. The van der Waals surface area contributed by atoms with E-state index in [0.717, 1.165) is 55.8 Å². The molecule has 0 spiro atoms. The molecular weight excluding hydrogens is 789 g/mol. The summed E-state index contributed by atoms with van der Waals surface area (Å²) in [5, 5.41) is 4.63. The second kappa shape index (κ2) is 15.7. The Bertz CT molecular complexity index is 3680. The van der Waals surface area contributed by atoms with Crippen molar-refractivity contribution in [2.45, 2.75) is 13.8 Å². The van der Waals surface area contributed by atoms with E-state index in [0.29, 0.717) is 0 Å². The first-order valence-electron chi connectivity index (χ1n) is 22.3. The third-order valence-corrected chi connectivity index (χ3v) is 13.0. The van der Waals surface area contributed by atoms with E-state index in [9.17, 15) is 0 Å². The molecule has 0 N–H and O–H groups in total. The minimum Gasteiger partial charge on any atom is -0.455 e. The second-order valence-electron chi connectivity index (χ2n) is 17.0. The van der Waals surface area contributed by atoms with E-state index in [-0.39, 0.29) is 0 Å². The number of benzene rings is 10. The molecule has 12 aromatic rings. The van der Waals surface area contributed by atoms with Crippen molar-refractivity contribution in [1.82, 2.24) is 4.57 Å². The minimum absolute atomic E-state index is 0.864. The first-order chi connectivity index (χ1) is 32.1.